The maximum atomic E-state index is 12.1. The molecule has 0 unspecified atom stereocenters. The Kier molecular flexibility index (Phi) is 6.08. The molecule has 7 nitrogen and oxygen atoms in total. The lowest BCUT2D eigenvalue weighted by Crippen LogP contribution is -2.25. The number of aliphatic carboxylic acids is 1. The van der Waals surface area contributed by atoms with Crippen LogP contribution in [0.4, 0.5) is 0 Å². The van der Waals surface area contributed by atoms with Crippen molar-refractivity contribution in [2.45, 2.75) is 46.0 Å². The van der Waals surface area contributed by atoms with Crippen molar-refractivity contribution in [1.82, 2.24) is 15.3 Å². The summed E-state index contributed by atoms with van der Waals surface area (Å²) in [5.74, 6) is -0.452. The van der Waals surface area contributed by atoms with Gasteiger partial charge in [0.2, 0.25) is 5.91 Å². The minimum absolute atomic E-state index is 0.112. The van der Waals surface area contributed by atoms with E-state index in [1.807, 2.05) is 13.8 Å². The highest BCUT2D eigenvalue weighted by Crippen LogP contribution is 2.25. The Bertz CT molecular complexity index is 809. The second-order valence-corrected chi connectivity index (χ2v) is 6.88. The van der Waals surface area contributed by atoms with Gasteiger partial charge in [-0.25, -0.2) is 4.98 Å². The summed E-state index contributed by atoms with van der Waals surface area (Å²) in [6.07, 6.45) is 1.88. The summed E-state index contributed by atoms with van der Waals surface area (Å²) < 4.78 is 0. The first-order chi connectivity index (χ1) is 11.4. The lowest BCUT2D eigenvalue weighted by molar-refractivity contribution is -0.137. The molecule has 0 aliphatic heterocycles. The highest BCUT2D eigenvalue weighted by atomic mass is 32.1. The number of thiophene rings is 1. The molecule has 130 valence electrons. The fraction of sp³-hybridized carbons (Fsp3) is 0.500. The minimum atomic E-state index is -0.828. The number of aromatic amines is 1. The maximum Gasteiger partial charge on any atom is 0.303 e. The van der Waals surface area contributed by atoms with Crippen LogP contribution in [0.1, 0.15) is 41.9 Å². The van der Waals surface area contributed by atoms with Crippen LogP contribution in [0, 0.1) is 13.8 Å². The first-order valence-electron chi connectivity index (χ1n) is 7.86. The van der Waals surface area contributed by atoms with E-state index in [0.29, 0.717) is 41.8 Å². The van der Waals surface area contributed by atoms with Crippen LogP contribution in [0.5, 0.6) is 0 Å². The van der Waals surface area contributed by atoms with Gasteiger partial charge in [-0.15, -0.1) is 11.3 Å². The van der Waals surface area contributed by atoms with E-state index in [4.69, 9.17) is 5.11 Å². The fourth-order valence-corrected chi connectivity index (χ4v) is 3.42. The highest BCUT2D eigenvalue weighted by Gasteiger charge is 2.12. The Morgan fingerprint density at radius 1 is 1.25 bits per heavy atom. The molecule has 0 fully saturated rings. The Morgan fingerprint density at radius 2 is 2.00 bits per heavy atom. The summed E-state index contributed by atoms with van der Waals surface area (Å²) in [4.78, 5) is 43.2. The van der Waals surface area contributed by atoms with Crippen molar-refractivity contribution in [2.75, 3.05) is 6.54 Å². The van der Waals surface area contributed by atoms with E-state index < -0.39 is 5.97 Å². The van der Waals surface area contributed by atoms with Crippen LogP contribution in [-0.4, -0.2) is 33.5 Å². The molecular weight excluding hydrogens is 330 g/mol. The van der Waals surface area contributed by atoms with Crippen LogP contribution in [0.3, 0.4) is 0 Å². The standard InChI is InChI=1S/C16H21N3O4S/c1-9-10(2)24-16-14(9)15(23)18-11(19-16)6-7-12(20)17-8-4-3-5-13(21)22/h3-8H2,1-2H3,(H,17,20)(H,21,22)(H,18,19,23). The van der Waals surface area contributed by atoms with Gasteiger partial charge in [-0.2, -0.15) is 0 Å². The second-order valence-electron chi connectivity index (χ2n) is 5.68. The SMILES string of the molecule is Cc1sc2nc(CCC(=O)NCCCCC(=O)O)[nH]c(=O)c2c1C. The average Bonchev–Trinajstić information content (AvgIpc) is 2.79. The van der Waals surface area contributed by atoms with E-state index in [2.05, 4.69) is 15.3 Å². The molecule has 0 bridgehead atoms. The minimum Gasteiger partial charge on any atom is -0.481 e. The van der Waals surface area contributed by atoms with Gasteiger partial charge >= 0.3 is 5.97 Å². The average molecular weight is 351 g/mol. The number of aryl methyl sites for hydroxylation is 3. The van der Waals surface area contributed by atoms with Crippen LogP contribution >= 0.6 is 11.3 Å². The molecule has 24 heavy (non-hydrogen) atoms. The maximum absolute atomic E-state index is 12.1. The predicted molar refractivity (Wildman–Crippen MR) is 92.5 cm³/mol. The molecule has 0 aliphatic rings. The smallest absolute Gasteiger partial charge is 0.303 e. The zero-order valence-electron chi connectivity index (χ0n) is 13.8. The Hall–Kier alpha value is -2.22. The Labute approximate surface area is 143 Å². The van der Waals surface area contributed by atoms with E-state index in [9.17, 15) is 14.4 Å². The molecule has 0 aliphatic carbocycles. The van der Waals surface area contributed by atoms with Crippen LogP contribution in [0.15, 0.2) is 4.79 Å². The first kappa shape index (κ1) is 18.1. The topological polar surface area (TPSA) is 112 Å². The van der Waals surface area contributed by atoms with Crippen molar-refractivity contribution in [3.8, 4) is 0 Å². The number of fused-ring (bicyclic) bond motifs is 1. The molecule has 2 rings (SSSR count). The van der Waals surface area contributed by atoms with Crippen LogP contribution in [0.2, 0.25) is 0 Å². The summed E-state index contributed by atoms with van der Waals surface area (Å²) >= 11 is 1.48. The zero-order valence-corrected chi connectivity index (χ0v) is 14.6. The highest BCUT2D eigenvalue weighted by molar-refractivity contribution is 7.18. The number of aromatic nitrogens is 2. The van der Waals surface area contributed by atoms with Crippen molar-refractivity contribution in [3.63, 3.8) is 0 Å². The van der Waals surface area contributed by atoms with Gasteiger partial charge in [0.25, 0.3) is 5.56 Å². The summed E-state index contributed by atoms with van der Waals surface area (Å²) in [7, 11) is 0. The molecule has 0 atom stereocenters. The Morgan fingerprint density at radius 3 is 2.71 bits per heavy atom. The van der Waals surface area contributed by atoms with Crippen molar-refractivity contribution >= 4 is 33.4 Å². The molecule has 0 saturated carbocycles. The number of H-pyrrole nitrogens is 1. The molecule has 1 amide bonds. The van der Waals surface area contributed by atoms with Gasteiger partial charge in [0.05, 0.1) is 5.39 Å². The number of nitrogens with zero attached hydrogens (tertiary/aromatic N) is 1. The number of carboxylic acid groups (broad SMARTS) is 1. The van der Waals surface area contributed by atoms with E-state index >= 15 is 0 Å². The molecule has 2 aromatic heterocycles. The van der Waals surface area contributed by atoms with Crippen LogP contribution in [0.25, 0.3) is 10.2 Å². The third-order valence-electron chi connectivity index (χ3n) is 3.82. The van der Waals surface area contributed by atoms with Gasteiger partial charge < -0.3 is 15.4 Å². The van der Waals surface area contributed by atoms with E-state index in [0.717, 1.165) is 10.4 Å². The summed E-state index contributed by atoms with van der Waals surface area (Å²) in [6, 6.07) is 0. The third-order valence-corrected chi connectivity index (χ3v) is 4.92. The molecule has 2 aromatic rings. The van der Waals surface area contributed by atoms with Gasteiger partial charge in [0, 0.05) is 30.7 Å². The largest absolute Gasteiger partial charge is 0.481 e. The fourth-order valence-electron chi connectivity index (χ4n) is 2.37. The molecule has 0 spiro atoms. The van der Waals surface area contributed by atoms with Crippen LogP contribution < -0.4 is 10.9 Å². The molecule has 3 N–H and O–H groups in total. The van der Waals surface area contributed by atoms with Gasteiger partial charge in [-0.1, -0.05) is 0 Å². The number of amides is 1. The Balaban J connectivity index is 1.86. The molecule has 8 heteroatoms. The number of carbonyl (C=O) groups is 2. The summed E-state index contributed by atoms with van der Waals surface area (Å²) in [6.45, 7) is 4.32. The van der Waals surface area contributed by atoms with E-state index in [1.165, 1.54) is 11.3 Å². The summed E-state index contributed by atoms with van der Waals surface area (Å²) in [5.41, 5.74) is 0.792. The third kappa shape index (κ3) is 4.64. The number of carbonyl (C=O) groups excluding carboxylic acids is 1. The summed E-state index contributed by atoms with van der Waals surface area (Å²) in [5, 5.41) is 11.9. The number of hydrogen-bond donors (Lipinski definition) is 3. The number of nitrogens with one attached hydrogen (secondary N) is 2. The van der Waals surface area contributed by atoms with Crippen molar-refractivity contribution in [3.05, 3.63) is 26.6 Å². The molecule has 2 heterocycles. The predicted octanol–water partition coefficient (Wildman–Crippen LogP) is 1.91. The van der Waals surface area contributed by atoms with Crippen molar-refractivity contribution < 1.29 is 14.7 Å². The molecule has 0 radical (unpaired) electrons. The van der Waals surface area contributed by atoms with Gasteiger partial charge in [-0.3, -0.25) is 14.4 Å². The molecule has 0 aromatic carbocycles. The normalized spacial score (nSPS) is 10.9. The quantitative estimate of drug-likeness (QED) is 0.629. The lowest BCUT2D eigenvalue weighted by atomic mass is 10.2. The number of unbranched alkanes of at least 4 members (excludes halogenated alkanes) is 1. The monoisotopic (exact) mass is 351 g/mol. The number of rotatable bonds is 8. The number of carboxylic acids is 1. The zero-order chi connectivity index (χ0) is 17.7. The van der Waals surface area contributed by atoms with Gasteiger partial charge in [0.1, 0.15) is 10.7 Å². The van der Waals surface area contributed by atoms with Gasteiger partial charge in [0.15, 0.2) is 0 Å². The molecular formula is C16H21N3O4S. The number of hydrogen-bond acceptors (Lipinski definition) is 5. The first-order valence-corrected chi connectivity index (χ1v) is 8.67. The van der Waals surface area contributed by atoms with Crippen LogP contribution in [-0.2, 0) is 16.0 Å². The van der Waals surface area contributed by atoms with Gasteiger partial charge in [-0.05, 0) is 32.3 Å². The van der Waals surface area contributed by atoms with E-state index in [-0.39, 0.29) is 24.3 Å². The molecule has 0 saturated heterocycles. The van der Waals surface area contributed by atoms with Crippen molar-refractivity contribution in [2.24, 2.45) is 0 Å². The van der Waals surface area contributed by atoms with E-state index in [1.54, 1.807) is 0 Å². The second kappa shape index (κ2) is 8.05. The van der Waals surface area contributed by atoms with Crippen molar-refractivity contribution in [1.29, 1.82) is 0 Å². The lowest BCUT2D eigenvalue weighted by Gasteiger charge is -2.04.